The van der Waals surface area contributed by atoms with Gasteiger partial charge < -0.3 is 14.7 Å². The molecule has 4 aliphatic rings. The molecule has 2 fully saturated rings. The topological polar surface area (TPSA) is 96.2 Å². The molecule has 3 heterocycles. The van der Waals surface area contributed by atoms with Crippen molar-refractivity contribution in [3.05, 3.63) is 90.1 Å². The number of hydrogen-bond donors (Lipinski definition) is 1. The van der Waals surface area contributed by atoms with E-state index >= 15 is 0 Å². The third-order valence-electron chi connectivity index (χ3n) is 10.1. The lowest BCUT2D eigenvalue weighted by Gasteiger charge is -2.60. The zero-order valence-electron chi connectivity index (χ0n) is 23.2. The van der Waals surface area contributed by atoms with E-state index in [4.69, 9.17) is 4.74 Å². The van der Waals surface area contributed by atoms with Crippen molar-refractivity contribution in [3.8, 4) is 11.5 Å². The normalized spacial score (nSPS) is 27.5. The highest BCUT2D eigenvalue weighted by atomic mass is 79.9. The molecule has 2 aliphatic carbocycles. The molecule has 218 valence electrons. The molecule has 1 amide bonds. The summed E-state index contributed by atoms with van der Waals surface area (Å²) in [5, 5.41) is 25.2. The molecule has 1 N–H and O–H groups in total. The third kappa shape index (κ3) is 4.29. The van der Waals surface area contributed by atoms with Crippen LogP contribution in [0.3, 0.4) is 0 Å². The maximum Gasteiger partial charge on any atom is 0.276 e. The molecule has 3 aromatic rings. The van der Waals surface area contributed by atoms with Gasteiger partial charge in [0, 0.05) is 57.0 Å². The van der Waals surface area contributed by atoms with Gasteiger partial charge in [-0.25, -0.2) is 0 Å². The summed E-state index contributed by atoms with van der Waals surface area (Å²) in [6.45, 7) is 1.72. The molecule has 7 rings (SSSR count). The van der Waals surface area contributed by atoms with Crippen LogP contribution in [0.1, 0.15) is 40.8 Å². The SMILES string of the molecule is CN(C(=O)/C=C/c1cc(Br)cs1)[C@H]1CC[C@H]2[C@H]3Cc4c([N+](=O)[O-])cc(O)c5c4[C@@]2(CCN3CCc2ccccc2)[C@H]1O5. The van der Waals surface area contributed by atoms with E-state index in [2.05, 4.69) is 45.1 Å². The molecule has 1 spiro atoms. The molecule has 1 saturated heterocycles. The quantitative estimate of drug-likeness (QED) is 0.193. The monoisotopic (exact) mass is 649 g/mol. The first-order chi connectivity index (χ1) is 20.3. The molecule has 2 bridgehead atoms. The third-order valence-corrected chi connectivity index (χ3v) is 11.7. The molecule has 10 heteroatoms. The minimum Gasteiger partial charge on any atom is -0.504 e. The van der Waals surface area contributed by atoms with Gasteiger partial charge in [-0.2, -0.15) is 0 Å². The number of nitro groups is 1. The van der Waals surface area contributed by atoms with Gasteiger partial charge in [0.25, 0.3) is 5.69 Å². The standard InChI is InChI=1S/C32H32BrN3O5S/c1-34(28(38)10-7-21-15-20(33)18-42-21)24-9-8-23-26-16-22-25(36(39)40)17-27(37)30-29(22)32(23,31(24)41-30)12-14-35(26)13-11-19-5-3-2-4-6-19/h2-7,10,15,17-18,23-24,26,31,37H,8-9,11-14,16H2,1H3/b10-7+/t23-,24-,26+,31-,32-/m0/s1. The van der Waals surface area contributed by atoms with E-state index in [-0.39, 0.29) is 46.4 Å². The molecule has 2 aromatic carbocycles. The number of likely N-dealkylation sites (N-methyl/N-ethyl adjacent to an activating group) is 1. The molecule has 2 aliphatic heterocycles. The molecular weight excluding hydrogens is 618 g/mol. The fraction of sp³-hybridized carbons (Fsp3) is 0.406. The summed E-state index contributed by atoms with van der Waals surface area (Å²) in [7, 11) is 1.82. The van der Waals surface area contributed by atoms with Crippen molar-refractivity contribution in [2.45, 2.75) is 55.7 Å². The first-order valence-corrected chi connectivity index (χ1v) is 16.1. The summed E-state index contributed by atoms with van der Waals surface area (Å²) < 4.78 is 7.63. The Balaban J connectivity index is 1.24. The number of rotatable bonds is 7. The van der Waals surface area contributed by atoms with Gasteiger partial charge in [0.05, 0.1) is 17.0 Å². The second kappa shape index (κ2) is 10.5. The van der Waals surface area contributed by atoms with Crippen molar-refractivity contribution >= 4 is 44.9 Å². The molecule has 1 aromatic heterocycles. The average Bonchev–Trinajstić information content (AvgIpc) is 3.56. The van der Waals surface area contributed by atoms with Crippen LogP contribution < -0.4 is 4.74 Å². The second-order valence-corrected chi connectivity index (χ2v) is 13.8. The zero-order chi connectivity index (χ0) is 29.2. The van der Waals surface area contributed by atoms with Gasteiger partial charge in [-0.1, -0.05) is 30.3 Å². The summed E-state index contributed by atoms with van der Waals surface area (Å²) in [6, 6.07) is 13.6. The largest absolute Gasteiger partial charge is 0.504 e. The first kappa shape index (κ1) is 27.6. The Morgan fingerprint density at radius 1 is 1.31 bits per heavy atom. The van der Waals surface area contributed by atoms with E-state index in [0.29, 0.717) is 17.7 Å². The van der Waals surface area contributed by atoms with Crippen molar-refractivity contribution in [2.75, 3.05) is 20.1 Å². The number of hydrogen-bond acceptors (Lipinski definition) is 7. The zero-order valence-corrected chi connectivity index (χ0v) is 25.6. The fourth-order valence-electron chi connectivity index (χ4n) is 8.27. The molecule has 0 radical (unpaired) electrons. The summed E-state index contributed by atoms with van der Waals surface area (Å²) in [5.41, 5.74) is 2.28. The number of phenolic OH excluding ortho intramolecular Hbond substituents is 1. The van der Waals surface area contributed by atoms with Crippen LogP contribution in [0.2, 0.25) is 0 Å². The highest BCUT2D eigenvalue weighted by Gasteiger charge is 2.67. The van der Waals surface area contributed by atoms with Crippen molar-refractivity contribution in [3.63, 3.8) is 0 Å². The minimum atomic E-state index is -0.486. The Kier molecular flexibility index (Phi) is 6.90. The van der Waals surface area contributed by atoms with Gasteiger partial charge in [0.2, 0.25) is 5.91 Å². The summed E-state index contributed by atoms with van der Waals surface area (Å²) in [6.07, 6.45) is 6.96. The minimum absolute atomic E-state index is 0.0279. The number of piperidine rings is 1. The lowest BCUT2D eigenvalue weighted by Crippen LogP contribution is -2.69. The van der Waals surface area contributed by atoms with Crippen LogP contribution in [-0.2, 0) is 23.1 Å². The Bertz CT molecular complexity index is 1590. The van der Waals surface area contributed by atoms with E-state index in [1.807, 2.05) is 30.6 Å². The number of phenols is 1. The fourth-order valence-corrected chi connectivity index (χ4v) is 9.60. The lowest BCUT2D eigenvalue weighted by atomic mass is 9.50. The van der Waals surface area contributed by atoms with Crippen molar-refractivity contribution in [1.82, 2.24) is 9.80 Å². The average molecular weight is 651 g/mol. The van der Waals surface area contributed by atoms with Crippen LogP contribution >= 0.6 is 27.3 Å². The summed E-state index contributed by atoms with van der Waals surface area (Å²) in [5.74, 6) is 0.320. The smallest absolute Gasteiger partial charge is 0.276 e. The summed E-state index contributed by atoms with van der Waals surface area (Å²) in [4.78, 5) is 30.6. The molecule has 5 atom stereocenters. The number of nitro benzene ring substituents is 1. The van der Waals surface area contributed by atoms with Crippen LogP contribution in [0.25, 0.3) is 6.08 Å². The molecule has 8 nitrogen and oxygen atoms in total. The van der Waals surface area contributed by atoms with Crippen LogP contribution in [0, 0.1) is 16.0 Å². The molecule has 0 unspecified atom stereocenters. The Morgan fingerprint density at radius 2 is 2.12 bits per heavy atom. The van der Waals surface area contributed by atoms with Gasteiger partial charge in [0.1, 0.15) is 6.10 Å². The molecule has 42 heavy (non-hydrogen) atoms. The number of carbonyl (C=O) groups is 1. The van der Waals surface area contributed by atoms with Gasteiger partial charge in [-0.3, -0.25) is 19.8 Å². The van der Waals surface area contributed by atoms with Crippen LogP contribution in [0.15, 0.2) is 58.4 Å². The number of ether oxygens (including phenoxy) is 1. The Labute approximate surface area is 256 Å². The van der Waals surface area contributed by atoms with Crippen molar-refractivity contribution in [1.29, 1.82) is 0 Å². The van der Waals surface area contributed by atoms with Gasteiger partial charge in [-0.15, -0.1) is 11.3 Å². The molecular formula is C32H32BrN3O5S. The van der Waals surface area contributed by atoms with Gasteiger partial charge in [-0.05, 0) is 78.2 Å². The highest BCUT2D eigenvalue weighted by Crippen LogP contribution is 2.65. The number of benzene rings is 2. The predicted molar refractivity (Wildman–Crippen MR) is 165 cm³/mol. The molecule has 1 saturated carbocycles. The summed E-state index contributed by atoms with van der Waals surface area (Å²) >= 11 is 5.02. The predicted octanol–water partition coefficient (Wildman–Crippen LogP) is 5.95. The number of aromatic hydroxyl groups is 1. The highest BCUT2D eigenvalue weighted by molar-refractivity contribution is 9.10. The van der Waals surface area contributed by atoms with Gasteiger partial charge in [0.15, 0.2) is 11.5 Å². The Hall–Kier alpha value is -3.21. The van der Waals surface area contributed by atoms with Crippen molar-refractivity contribution < 1.29 is 19.6 Å². The van der Waals surface area contributed by atoms with E-state index < -0.39 is 5.41 Å². The van der Waals surface area contributed by atoms with Crippen molar-refractivity contribution in [2.24, 2.45) is 5.92 Å². The number of nitrogens with zero attached hydrogens (tertiary/aromatic N) is 3. The number of amides is 1. The van der Waals surface area contributed by atoms with E-state index in [1.54, 1.807) is 22.3 Å². The Morgan fingerprint density at radius 3 is 2.86 bits per heavy atom. The second-order valence-electron chi connectivity index (χ2n) is 11.9. The van der Waals surface area contributed by atoms with E-state index in [0.717, 1.165) is 53.7 Å². The number of thiophene rings is 1. The first-order valence-electron chi connectivity index (χ1n) is 14.4. The van der Waals surface area contributed by atoms with Crippen LogP contribution in [0.5, 0.6) is 11.5 Å². The number of carbonyl (C=O) groups excluding carboxylic acids is 1. The van der Waals surface area contributed by atoms with E-state index in [9.17, 15) is 20.0 Å². The number of halogens is 1. The van der Waals surface area contributed by atoms with Gasteiger partial charge >= 0.3 is 0 Å². The lowest BCUT2D eigenvalue weighted by molar-refractivity contribution is -0.385. The maximum absolute atomic E-state index is 13.4. The van der Waals surface area contributed by atoms with E-state index in [1.165, 1.54) is 11.6 Å². The van der Waals surface area contributed by atoms with Crippen LogP contribution in [-0.4, -0.2) is 64.1 Å². The van der Waals surface area contributed by atoms with Crippen LogP contribution in [0.4, 0.5) is 5.69 Å². The number of likely N-dealkylation sites (tertiary alicyclic amines) is 1. The maximum atomic E-state index is 13.4.